The van der Waals surface area contributed by atoms with E-state index in [2.05, 4.69) is 56.2 Å². The minimum Gasteiger partial charge on any atom is -0.351 e. The van der Waals surface area contributed by atoms with E-state index in [9.17, 15) is 4.79 Å². The van der Waals surface area contributed by atoms with E-state index < -0.39 is 0 Å². The van der Waals surface area contributed by atoms with Crippen molar-refractivity contribution in [3.8, 4) is 0 Å². The van der Waals surface area contributed by atoms with Crippen LogP contribution in [-0.2, 0) is 11.3 Å². The number of benzene rings is 1. The molecule has 2 fully saturated rings. The number of carbonyl (C=O) groups is 1. The van der Waals surface area contributed by atoms with E-state index in [-0.39, 0.29) is 11.2 Å². The van der Waals surface area contributed by atoms with Crippen LogP contribution in [0.1, 0.15) is 56.2 Å². The maximum Gasteiger partial charge on any atom is 0.233 e. The maximum absolute atomic E-state index is 12.6. The molecule has 1 aromatic heterocycles. The number of aromatic nitrogens is 3. The van der Waals surface area contributed by atoms with Gasteiger partial charge in [-0.25, -0.2) is 0 Å². The third kappa shape index (κ3) is 4.51. The predicted molar refractivity (Wildman–Crippen MR) is 113 cm³/mol. The van der Waals surface area contributed by atoms with E-state index >= 15 is 0 Å². The first-order chi connectivity index (χ1) is 13.6. The van der Waals surface area contributed by atoms with Gasteiger partial charge in [0.2, 0.25) is 11.9 Å². The number of aryl methyl sites for hydroxylation is 1. The average Bonchev–Trinajstić information content (AvgIpc) is 3.48. The highest BCUT2D eigenvalue weighted by atomic mass is 32.2. The summed E-state index contributed by atoms with van der Waals surface area (Å²) in [6.07, 6.45) is 6.10. The molecule has 28 heavy (non-hydrogen) atoms. The van der Waals surface area contributed by atoms with Gasteiger partial charge < -0.3 is 10.2 Å². The summed E-state index contributed by atoms with van der Waals surface area (Å²) in [6, 6.07) is 8.75. The van der Waals surface area contributed by atoms with Gasteiger partial charge in [0.05, 0.1) is 5.25 Å². The molecule has 4 rings (SSSR count). The molecular weight excluding hydrogens is 370 g/mol. The molecule has 2 aliphatic rings. The van der Waals surface area contributed by atoms with Crippen LogP contribution in [0.25, 0.3) is 0 Å². The van der Waals surface area contributed by atoms with Crippen molar-refractivity contribution in [3.05, 3.63) is 35.4 Å². The molecule has 1 saturated carbocycles. The van der Waals surface area contributed by atoms with Gasteiger partial charge in [-0.2, -0.15) is 0 Å². The summed E-state index contributed by atoms with van der Waals surface area (Å²) >= 11 is 1.52. The molecule has 1 aliphatic carbocycles. The van der Waals surface area contributed by atoms with Crippen molar-refractivity contribution in [1.29, 1.82) is 0 Å². The molecule has 0 spiro atoms. The highest BCUT2D eigenvalue weighted by molar-refractivity contribution is 8.00. The summed E-state index contributed by atoms with van der Waals surface area (Å²) in [5, 5.41) is 12.7. The lowest BCUT2D eigenvalue weighted by atomic mass is 10.1. The molecule has 2 aromatic rings. The number of thioether (sulfide) groups is 1. The molecule has 6 nitrogen and oxygen atoms in total. The molecule has 1 N–H and O–H groups in total. The zero-order valence-corrected chi connectivity index (χ0v) is 17.5. The molecule has 1 aliphatic heterocycles. The van der Waals surface area contributed by atoms with Crippen molar-refractivity contribution in [1.82, 2.24) is 20.1 Å². The summed E-state index contributed by atoms with van der Waals surface area (Å²) in [7, 11) is 0. The molecular formula is C21H29N5OS. The lowest BCUT2D eigenvalue weighted by Crippen LogP contribution is -2.32. The van der Waals surface area contributed by atoms with Crippen LogP contribution >= 0.6 is 11.8 Å². The normalized spacial score (nSPS) is 18.1. The minimum absolute atomic E-state index is 0.0374. The van der Waals surface area contributed by atoms with Crippen LogP contribution in [0, 0.1) is 6.92 Å². The van der Waals surface area contributed by atoms with E-state index in [1.807, 2.05) is 6.92 Å². The molecule has 0 radical (unpaired) electrons. The zero-order chi connectivity index (χ0) is 19.5. The monoisotopic (exact) mass is 399 g/mol. The second-order valence-corrected chi connectivity index (χ2v) is 9.20. The Morgan fingerprint density at radius 2 is 1.89 bits per heavy atom. The van der Waals surface area contributed by atoms with Crippen molar-refractivity contribution in [3.63, 3.8) is 0 Å². The van der Waals surface area contributed by atoms with E-state index in [0.29, 0.717) is 12.6 Å². The van der Waals surface area contributed by atoms with Crippen molar-refractivity contribution in [2.75, 3.05) is 18.0 Å². The van der Waals surface area contributed by atoms with Crippen LogP contribution < -0.4 is 10.2 Å². The number of anilines is 1. The molecule has 1 unspecified atom stereocenters. The Labute approximate surface area is 171 Å². The fourth-order valence-corrected chi connectivity index (χ4v) is 4.50. The first kappa shape index (κ1) is 19.3. The molecule has 1 atom stereocenters. The SMILES string of the molecule is Cc1ccc(CNC(=O)C(C)Sc2nnc(N3CCCCC3)n2C2CC2)cc1. The maximum atomic E-state index is 12.6. The third-order valence-electron chi connectivity index (χ3n) is 5.44. The summed E-state index contributed by atoms with van der Waals surface area (Å²) < 4.78 is 2.28. The molecule has 1 saturated heterocycles. The van der Waals surface area contributed by atoms with Gasteiger partial charge in [-0.3, -0.25) is 9.36 Å². The molecule has 1 amide bonds. The van der Waals surface area contributed by atoms with E-state index in [4.69, 9.17) is 0 Å². The highest BCUT2D eigenvalue weighted by Crippen LogP contribution is 2.42. The van der Waals surface area contributed by atoms with Crippen LogP contribution in [0.2, 0.25) is 0 Å². The Morgan fingerprint density at radius 1 is 1.18 bits per heavy atom. The van der Waals surface area contributed by atoms with Crippen LogP contribution in [0.5, 0.6) is 0 Å². The summed E-state index contributed by atoms with van der Waals surface area (Å²) in [6.45, 7) is 6.68. The molecule has 150 valence electrons. The van der Waals surface area contributed by atoms with Crippen molar-refractivity contribution in [2.45, 2.75) is 68.9 Å². The number of rotatable bonds is 7. The van der Waals surface area contributed by atoms with Gasteiger partial charge in [-0.1, -0.05) is 41.6 Å². The largest absolute Gasteiger partial charge is 0.351 e. The fraction of sp³-hybridized carbons (Fsp3) is 0.571. The number of piperidine rings is 1. The number of carbonyl (C=O) groups excluding carboxylic acids is 1. The van der Waals surface area contributed by atoms with Gasteiger partial charge in [0.15, 0.2) is 5.16 Å². The number of hydrogen-bond acceptors (Lipinski definition) is 5. The lowest BCUT2D eigenvalue weighted by molar-refractivity contribution is -0.120. The van der Waals surface area contributed by atoms with Gasteiger partial charge in [0.25, 0.3) is 0 Å². The summed E-state index contributed by atoms with van der Waals surface area (Å²) in [5.41, 5.74) is 2.34. The predicted octanol–water partition coefficient (Wildman–Crippen LogP) is 3.71. The Hall–Kier alpha value is -2.02. The zero-order valence-electron chi connectivity index (χ0n) is 16.7. The van der Waals surface area contributed by atoms with Gasteiger partial charge in [0, 0.05) is 25.7 Å². The number of amides is 1. The van der Waals surface area contributed by atoms with Crippen molar-refractivity contribution < 1.29 is 4.79 Å². The van der Waals surface area contributed by atoms with Crippen LogP contribution in [0.3, 0.4) is 0 Å². The second-order valence-electron chi connectivity index (χ2n) is 7.89. The van der Waals surface area contributed by atoms with Gasteiger partial charge in [0.1, 0.15) is 0 Å². The van der Waals surface area contributed by atoms with Gasteiger partial charge in [-0.05, 0) is 51.5 Å². The quantitative estimate of drug-likeness (QED) is 0.719. The third-order valence-corrected chi connectivity index (χ3v) is 6.49. The van der Waals surface area contributed by atoms with Crippen molar-refractivity contribution in [2.24, 2.45) is 0 Å². The Kier molecular flexibility index (Phi) is 5.90. The molecule has 0 bridgehead atoms. The Morgan fingerprint density at radius 3 is 2.57 bits per heavy atom. The topological polar surface area (TPSA) is 63.1 Å². The second kappa shape index (κ2) is 8.55. The molecule has 2 heterocycles. The average molecular weight is 400 g/mol. The highest BCUT2D eigenvalue weighted by Gasteiger charge is 2.33. The Bertz CT molecular complexity index is 809. The first-order valence-corrected chi connectivity index (χ1v) is 11.2. The van der Waals surface area contributed by atoms with Crippen molar-refractivity contribution >= 4 is 23.6 Å². The van der Waals surface area contributed by atoms with E-state index in [1.165, 1.54) is 49.4 Å². The Balaban J connectivity index is 1.39. The molecule has 7 heteroatoms. The standard InChI is InChI=1S/C21H29N5OS/c1-15-6-8-17(9-7-15)14-22-19(27)16(2)28-21-24-23-20(26(21)18-10-11-18)25-12-4-3-5-13-25/h6-9,16,18H,3-5,10-14H2,1-2H3,(H,22,27). The van der Waals surface area contributed by atoms with Crippen LogP contribution in [0.4, 0.5) is 5.95 Å². The minimum atomic E-state index is -0.207. The summed E-state index contributed by atoms with van der Waals surface area (Å²) in [4.78, 5) is 15.0. The smallest absolute Gasteiger partial charge is 0.233 e. The van der Waals surface area contributed by atoms with E-state index in [1.54, 1.807) is 0 Å². The van der Waals surface area contributed by atoms with Gasteiger partial charge >= 0.3 is 0 Å². The number of hydrogen-bond donors (Lipinski definition) is 1. The fourth-order valence-electron chi connectivity index (χ4n) is 3.56. The number of nitrogens with zero attached hydrogens (tertiary/aromatic N) is 4. The van der Waals surface area contributed by atoms with Crippen LogP contribution in [-0.4, -0.2) is 39.0 Å². The first-order valence-electron chi connectivity index (χ1n) is 10.3. The van der Waals surface area contributed by atoms with E-state index in [0.717, 1.165) is 29.8 Å². The summed E-state index contributed by atoms with van der Waals surface area (Å²) in [5.74, 6) is 1.03. The number of nitrogens with one attached hydrogen (secondary N) is 1. The van der Waals surface area contributed by atoms with Crippen LogP contribution in [0.15, 0.2) is 29.4 Å². The lowest BCUT2D eigenvalue weighted by Gasteiger charge is -2.28. The molecule has 1 aromatic carbocycles. The van der Waals surface area contributed by atoms with Gasteiger partial charge in [-0.15, -0.1) is 10.2 Å².